The van der Waals surface area contributed by atoms with E-state index in [9.17, 15) is 9.59 Å². The summed E-state index contributed by atoms with van der Waals surface area (Å²) in [6.45, 7) is 0. The number of amides is 1. The van der Waals surface area contributed by atoms with E-state index in [1.54, 1.807) is 24.3 Å². The van der Waals surface area contributed by atoms with Crippen molar-refractivity contribution in [3.05, 3.63) is 29.8 Å². The summed E-state index contributed by atoms with van der Waals surface area (Å²) in [6, 6.07) is 5.55. The molecule has 2 N–H and O–H groups in total. The normalized spacial score (nSPS) is 17.9. The first-order valence-corrected chi connectivity index (χ1v) is 4.03. The number of azo groups is 1. The Morgan fingerprint density at radius 3 is 2.67 bits per heavy atom. The second-order valence-corrected chi connectivity index (χ2v) is 2.90. The molecule has 78 valence electrons. The summed E-state index contributed by atoms with van der Waals surface area (Å²) in [6.07, 6.45) is 0. The van der Waals surface area contributed by atoms with Gasteiger partial charge in [-0.15, -0.1) is 12.4 Å². The lowest BCUT2D eigenvalue weighted by Gasteiger charge is -2.12. The van der Waals surface area contributed by atoms with Crippen LogP contribution in [0.1, 0.15) is 10.4 Å². The molecule has 15 heavy (non-hydrogen) atoms. The third-order valence-electron chi connectivity index (χ3n) is 1.97. The summed E-state index contributed by atoms with van der Waals surface area (Å²) in [4.78, 5) is 22.4. The standard InChI is InChI=1S/C9H7N3O2.ClH/c10-9(14)7-8(13)5-3-1-2-4-6(5)11-12-7;/h1-4,7H,(H2,10,14);1H. The minimum Gasteiger partial charge on any atom is -0.367 e. The van der Waals surface area contributed by atoms with Crippen LogP contribution in [0.25, 0.3) is 0 Å². The molecule has 0 aromatic heterocycles. The van der Waals surface area contributed by atoms with Crippen molar-refractivity contribution in [3.8, 4) is 0 Å². The number of primary amides is 1. The lowest BCUT2D eigenvalue weighted by atomic mass is 10.0. The summed E-state index contributed by atoms with van der Waals surface area (Å²) >= 11 is 0. The maximum Gasteiger partial charge on any atom is 0.252 e. The van der Waals surface area contributed by atoms with Crippen molar-refractivity contribution in [1.29, 1.82) is 0 Å². The van der Waals surface area contributed by atoms with Gasteiger partial charge < -0.3 is 5.73 Å². The van der Waals surface area contributed by atoms with Gasteiger partial charge in [0.05, 0.1) is 5.69 Å². The number of hydrogen-bond acceptors (Lipinski definition) is 4. The minimum atomic E-state index is -1.16. The van der Waals surface area contributed by atoms with E-state index in [-0.39, 0.29) is 18.2 Å². The second kappa shape index (κ2) is 4.18. The Morgan fingerprint density at radius 1 is 1.33 bits per heavy atom. The van der Waals surface area contributed by atoms with Crippen molar-refractivity contribution in [2.24, 2.45) is 16.0 Å². The zero-order valence-electron chi connectivity index (χ0n) is 7.58. The number of fused-ring (bicyclic) bond motifs is 1. The predicted octanol–water partition coefficient (Wildman–Crippen LogP) is 1.24. The SMILES string of the molecule is Cl.NC(=O)C1N=Nc2ccccc2C1=O. The number of carbonyl (C=O) groups is 2. The van der Waals surface area contributed by atoms with Crippen molar-refractivity contribution < 1.29 is 9.59 Å². The van der Waals surface area contributed by atoms with E-state index < -0.39 is 11.9 Å². The molecule has 0 aliphatic carbocycles. The fraction of sp³-hybridized carbons (Fsp3) is 0.111. The van der Waals surface area contributed by atoms with Gasteiger partial charge in [0, 0.05) is 5.56 Å². The average Bonchev–Trinajstić information content (AvgIpc) is 2.18. The van der Waals surface area contributed by atoms with Crippen LogP contribution in [0.2, 0.25) is 0 Å². The van der Waals surface area contributed by atoms with Crippen LogP contribution >= 0.6 is 12.4 Å². The predicted molar refractivity (Wildman–Crippen MR) is 55.5 cm³/mol. The molecule has 1 aromatic rings. The van der Waals surface area contributed by atoms with E-state index in [0.29, 0.717) is 11.3 Å². The van der Waals surface area contributed by atoms with E-state index in [2.05, 4.69) is 10.2 Å². The third-order valence-corrected chi connectivity index (χ3v) is 1.97. The van der Waals surface area contributed by atoms with E-state index in [0.717, 1.165) is 0 Å². The summed E-state index contributed by atoms with van der Waals surface area (Å²) < 4.78 is 0. The summed E-state index contributed by atoms with van der Waals surface area (Å²) in [7, 11) is 0. The largest absolute Gasteiger partial charge is 0.367 e. The van der Waals surface area contributed by atoms with Crippen LogP contribution in [-0.2, 0) is 4.79 Å². The van der Waals surface area contributed by atoms with Crippen molar-refractivity contribution in [2.45, 2.75) is 6.04 Å². The Morgan fingerprint density at radius 2 is 2.00 bits per heavy atom. The Labute approximate surface area is 91.8 Å². The van der Waals surface area contributed by atoms with Crippen molar-refractivity contribution in [1.82, 2.24) is 0 Å². The summed E-state index contributed by atoms with van der Waals surface area (Å²) in [5.41, 5.74) is 5.88. The molecule has 0 spiro atoms. The summed E-state index contributed by atoms with van der Waals surface area (Å²) in [5, 5.41) is 7.30. The van der Waals surface area contributed by atoms with Gasteiger partial charge in [-0.3, -0.25) is 9.59 Å². The minimum absolute atomic E-state index is 0. The van der Waals surface area contributed by atoms with Gasteiger partial charge in [-0.1, -0.05) is 12.1 Å². The van der Waals surface area contributed by atoms with Crippen LogP contribution in [0.5, 0.6) is 0 Å². The number of nitrogens with two attached hydrogens (primary N) is 1. The molecule has 1 aromatic carbocycles. The molecule has 1 unspecified atom stereocenters. The quantitative estimate of drug-likeness (QED) is 0.730. The molecule has 1 heterocycles. The molecular weight excluding hydrogens is 218 g/mol. The zero-order chi connectivity index (χ0) is 10.1. The smallest absolute Gasteiger partial charge is 0.252 e. The molecule has 0 saturated heterocycles. The van der Waals surface area contributed by atoms with Crippen molar-refractivity contribution in [2.75, 3.05) is 0 Å². The number of carbonyl (C=O) groups excluding carboxylic acids is 2. The maximum absolute atomic E-state index is 11.6. The molecule has 1 aliphatic rings. The molecule has 6 heteroatoms. The van der Waals surface area contributed by atoms with Crippen LogP contribution in [0.4, 0.5) is 5.69 Å². The first-order valence-electron chi connectivity index (χ1n) is 4.03. The van der Waals surface area contributed by atoms with E-state index in [4.69, 9.17) is 5.73 Å². The monoisotopic (exact) mass is 225 g/mol. The van der Waals surface area contributed by atoms with E-state index in [1.165, 1.54) is 0 Å². The number of benzene rings is 1. The number of nitrogens with zero attached hydrogens (tertiary/aromatic N) is 2. The van der Waals surface area contributed by atoms with Crippen LogP contribution in [0, 0.1) is 0 Å². The highest BCUT2D eigenvalue weighted by molar-refractivity contribution is 6.15. The van der Waals surface area contributed by atoms with Gasteiger partial charge >= 0.3 is 0 Å². The topological polar surface area (TPSA) is 84.9 Å². The highest BCUT2D eigenvalue weighted by atomic mass is 35.5. The van der Waals surface area contributed by atoms with Gasteiger partial charge in [-0.25, -0.2) is 0 Å². The first kappa shape index (κ1) is 11.3. The van der Waals surface area contributed by atoms with Crippen molar-refractivity contribution in [3.63, 3.8) is 0 Å². The van der Waals surface area contributed by atoms with Gasteiger partial charge in [0.1, 0.15) is 0 Å². The van der Waals surface area contributed by atoms with E-state index in [1.807, 2.05) is 0 Å². The number of rotatable bonds is 1. The van der Waals surface area contributed by atoms with Crippen LogP contribution in [0.15, 0.2) is 34.5 Å². The lowest BCUT2D eigenvalue weighted by molar-refractivity contribution is -0.118. The van der Waals surface area contributed by atoms with Gasteiger partial charge in [0.15, 0.2) is 0 Å². The van der Waals surface area contributed by atoms with Gasteiger partial charge in [0.2, 0.25) is 11.8 Å². The van der Waals surface area contributed by atoms with Crippen molar-refractivity contribution >= 4 is 29.8 Å². The Balaban J connectivity index is 0.00000112. The van der Waals surface area contributed by atoms with Gasteiger partial charge in [0.25, 0.3) is 5.91 Å². The zero-order valence-corrected chi connectivity index (χ0v) is 8.40. The van der Waals surface area contributed by atoms with Crippen LogP contribution < -0.4 is 5.73 Å². The molecular formula is C9H8ClN3O2. The maximum atomic E-state index is 11.6. The second-order valence-electron chi connectivity index (χ2n) is 2.90. The number of halogens is 1. The molecule has 0 bridgehead atoms. The molecule has 0 saturated carbocycles. The molecule has 0 radical (unpaired) electrons. The Kier molecular flexibility index (Phi) is 3.16. The van der Waals surface area contributed by atoms with E-state index >= 15 is 0 Å². The average molecular weight is 226 g/mol. The highest BCUT2D eigenvalue weighted by Gasteiger charge is 2.30. The highest BCUT2D eigenvalue weighted by Crippen LogP contribution is 2.25. The fourth-order valence-electron chi connectivity index (χ4n) is 1.27. The summed E-state index contributed by atoms with van der Waals surface area (Å²) in [5.74, 6) is -1.16. The number of hydrogen-bond donors (Lipinski definition) is 1. The van der Waals surface area contributed by atoms with Gasteiger partial charge in [-0.05, 0) is 12.1 Å². The number of ketones is 1. The molecule has 0 fully saturated rings. The van der Waals surface area contributed by atoms with Crippen LogP contribution in [-0.4, -0.2) is 17.7 Å². The fourth-order valence-corrected chi connectivity index (χ4v) is 1.27. The molecule has 2 rings (SSSR count). The van der Waals surface area contributed by atoms with Crippen LogP contribution in [0.3, 0.4) is 0 Å². The lowest BCUT2D eigenvalue weighted by Crippen LogP contribution is -2.35. The molecule has 1 atom stereocenters. The number of Topliss-reactive ketones (excluding diaryl/α,β-unsaturated/α-hetero) is 1. The molecule has 1 amide bonds. The molecule has 5 nitrogen and oxygen atoms in total. The molecule has 1 aliphatic heterocycles. The Bertz CT molecular complexity index is 445. The van der Waals surface area contributed by atoms with Gasteiger partial charge in [-0.2, -0.15) is 10.2 Å². The Hall–Kier alpha value is -1.75. The third kappa shape index (κ3) is 1.87. The first-order chi connectivity index (χ1) is 6.70.